The van der Waals surface area contributed by atoms with E-state index in [4.69, 9.17) is 4.74 Å². The lowest BCUT2D eigenvalue weighted by Crippen LogP contribution is -2.33. The van der Waals surface area contributed by atoms with Gasteiger partial charge in [-0.1, -0.05) is 0 Å². The van der Waals surface area contributed by atoms with E-state index < -0.39 is 0 Å². The molecule has 1 atom stereocenters. The van der Waals surface area contributed by atoms with Gasteiger partial charge in [0, 0.05) is 6.54 Å². The van der Waals surface area contributed by atoms with E-state index in [0.717, 1.165) is 12.8 Å². The molecule has 0 bridgehead atoms. The number of hydrogen-bond donors (Lipinski definition) is 1. The molecule has 0 saturated heterocycles. The third-order valence-corrected chi connectivity index (χ3v) is 1.89. The molecule has 0 aromatic carbocycles. The molecular weight excluding hydrogens is 170 g/mol. The Balaban J connectivity index is 2.05. The zero-order valence-electron chi connectivity index (χ0n) is 7.79. The van der Waals surface area contributed by atoms with Crippen molar-refractivity contribution in [3.8, 4) is 0 Å². The first-order valence-corrected chi connectivity index (χ1v) is 4.41. The Morgan fingerprint density at radius 2 is 2.62 bits per heavy atom. The van der Waals surface area contributed by atoms with E-state index in [2.05, 4.69) is 10.1 Å². The van der Waals surface area contributed by atoms with Gasteiger partial charge in [0.1, 0.15) is 6.10 Å². The van der Waals surface area contributed by atoms with Crippen LogP contribution < -0.4 is 5.32 Å². The Kier molecular flexibility index (Phi) is 4.32. The van der Waals surface area contributed by atoms with E-state index in [1.165, 1.54) is 7.11 Å². The van der Waals surface area contributed by atoms with Crippen molar-refractivity contribution in [3.05, 3.63) is 12.3 Å². The molecule has 13 heavy (non-hydrogen) atoms. The summed E-state index contributed by atoms with van der Waals surface area (Å²) in [6, 6.07) is 0. The minimum atomic E-state index is -0.244. The van der Waals surface area contributed by atoms with Crippen molar-refractivity contribution < 1.29 is 14.3 Å². The molecule has 4 nitrogen and oxygen atoms in total. The van der Waals surface area contributed by atoms with E-state index in [0.29, 0.717) is 6.54 Å². The zero-order chi connectivity index (χ0) is 9.52. The van der Waals surface area contributed by atoms with Gasteiger partial charge in [0.15, 0.2) is 0 Å². The summed E-state index contributed by atoms with van der Waals surface area (Å²) in [6.45, 7) is 0.944. The molecule has 4 heteroatoms. The van der Waals surface area contributed by atoms with Crippen LogP contribution in [0.2, 0.25) is 0 Å². The minimum absolute atomic E-state index is 0.189. The van der Waals surface area contributed by atoms with Crippen LogP contribution in [0.15, 0.2) is 12.3 Å². The normalized spacial score (nSPS) is 20.8. The largest absolute Gasteiger partial charge is 0.497 e. The van der Waals surface area contributed by atoms with Crippen LogP contribution in [0.4, 0.5) is 0 Å². The summed E-state index contributed by atoms with van der Waals surface area (Å²) >= 11 is 0. The fourth-order valence-corrected chi connectivity index (χ4v) is 1.14. The predicted octanol–water partition coefficient (Wildman–Crippen LogP) is 0.442. The zero-order valence-corrected chi connectivity index (χ0v) is 7.79. The van der Waals surface area contributed by atoms with Gasteiger partial charge in [0.05, 0.1) is 19.9 Å². The number of hydrogen-bond acceptors (Lipinski definition) is 4. The first kappa shape index (κ1) is 10.1. The second-order valence-electron chi connectivity index (χ2n) is 2.91. The summed E-state index contributed by atoms with van der Waals surface area (Å²) < 4.78 is 9.78. The van der Waals surface area contributed by atoms with Gasteiger partial charge in [-0.3, -0.25) is 4.79 Å². The maximum Gasteiger partial charge on any atom is 0.319 e. The second-order valence-corrected chi connectivity index (χ2v) is 2.91. The highest BCUT2D eigenvalue weighted by Gasteiger charge is 2.10. The summed E-state index contributed by atoms with van der Waals surface area (Å²) in [7, 11) is 1.38. The average Bonchev–Trinajstić information content (AvgIpc) is 2.19. The van der Waals surface area contributed by atoms with Crippen LogP contribution >= 0.6 is 0 Å². The van der Waals surface area contributed by atoms with Crippen LogP contribution in [0.1, 0.15) is 12.8 Å². The number of rotatable bonds is 4. The minimum Gasteiger partial charge on any atom is -0.497 e. The monoisotopic (exact) mass is 185 g/mol. The van der Waals surface area contributed by atoms with Gasteiger partial charge >= 0.3 is 5.97 Å². The van der Waals surface area contributed by atoms with Crippen molar-refractivity contribution in [1.82, 2.24) is 5.32 Å². The number of carbonyl (C=O) groups excluding carboxylic acids is 1. The summed E-state index contributed by atoms with van der Waals surface area (Å²) in [5.41, 5.74) is 0. The SMILES string of the molecule is COC(=O)CNCC1CCC=CO1. The van der Waals surface area contributed by atoms with Gasteiger partial charge in [0.25, 0.3) is 0 Å². The molecule has 1 rings (SSSR count). The van der Waals surface area contributed by atoms with Crippen molar-refractivity contribution in [2.45, 2.75) is 18.9 Å². The van der Waals surface area contributed by atoms with E-state index in [1.54, 1.807) is 6.26 Å². The van der Waals surface area contributed by atoms with Crippen LogP contribution in [0.3, 0.4) is 0 Å². The van der Waals surface area contributed by atoms with Gasteiger partial charge in [-0.15, -0.1) is 0 Å². The average molecular weight is 185 g/mol. The fourth-order valence-electron chi connectivity index (χ4n) is 1.14. The fraction of sp³-hybridized carbons (Fsp3) is 0.667. The number of allylic oxidation sites excluding steroid dienone is 1. The molecule has 1 unspecified atom stereocenters. The molecule has 1 aliphatic rings. The second kappa shape index (κ2) is 5.59. The van der Waals surface area contributed by atoms with Gasteiger partial charge in [-0.2, -0.15) is 0 Å². The van der Waals surface area contributed by atoms with Gasteiger partial charge in [0.2, 0.25) is 0 Å². The highest BCUT2D eigenvalue weighted by molar-refractivity contribution is 5.71. The summed E-state index contributed by atoms with van der Waals surface area (Å²) in [5, 5.41) is 2.97. The van der Waals surface area contributed by atoms with E-state index in [9.17, 15) is 4.79 Å². The molecule has 1 N–H and O–H groups in total. The number of esters is 1. The molecule has 0 saturated carbocycles. The number of ether oxygens (including phenoxy) is 2. The molecule has 0 amide bonds. The van der Waals surface area contributed by atoms with Crippen molar-refractivity contribution in [3.63, 3.8) is 0 Å². The van der Waals surface area contributed by atoms with Crippen LogP contribution in [-0.4, -0.2) is 32.3 Å². The molecule has 0 aromatic rings. The maximum atomic E-state index is 10.7. The molecule has 1 aliphatic heterocycles. The van der Waals surface area contributed by atoms with Crippen molar-refractivity contribution in [1.29, 1.82) is 0 Å². The lowest BCUT2D eigenvalue weighted by atomic mass is 10.1. The first-order chi connectivity index (χ1) is 6.33. The van der Waals surface area contributed by atoms with Crippen LogP contribution in [0, 0.1) is 0 Å². The molecule has 1 heterocycles. The highest BCUT2D eigenvalue weighted by atomic mass is 16.5. The lowest BCUT2D eigenvalue weighted by Gasteiger charge is -2.19. The molecule has 0 aliphatic carbocycles. The third kappa shape index (κ3) is 3.94. The van der Waals surface area contributed by atoms with Crippen LogP contribution in [0.5, 0.6) is 0 Å². The Morgan fingerprint density at radius 1 is 1.77 bits per heavy atom. The third-order valence-electron chi connectivity index (χ3n) is 1.89. The molecule has 0 aromatic heterocycles. The molecule has 0 spiro atoms. The number of nitrogens with one attached hydrogen (secondary N) is 1. The predicted molar refractivity (Wildman–Crippen MR) is 48.1 cm³/mol. The lowest BCUT2D eigenvalue weighted by molar-refractivity contribution is -0.139. The standard InChI is InChI=1S/C9H15NO3/c1-12-9(11)7-10-6-8-4-2-3-5-13-8/h3,5,8,10H,2,4,6-7H2,1H3. The molecule has 0 fully saturated rings. The molecule has 0 radical (unpaired) electrons. The van der Waals surface area contributed by atoms with E-state index in [-0.39, 0.29) is 18.6 Å². The van der Waals surface area contributed by atoms with Crippen molar-refractivity contribution in [2.75, 3.05) is 20.2 Å². The Labute approximate surface area is 77.9 Å². The summed E-state index contributed by atoms with van der Waals surface area (Å²) in [5.74, 6) is -0.244. The quantitative estimate of drug-likeness (QED) is 0.646. The number of carbonyl (C=O) groups is 1. The Morgan fingerprint density at radius 3 is 3.23 bits per heavy atom. The Hall–Kier alpha value is -1.03. The van der Waals surface area contributed by atoms with E-state index in [1.807, 2.05) is 6.08 Å². The number of methoxy groups -OCH3 is 1. The highest BCUT2D eigenvalue weighted by Crippen LogP contribution is 2.08. The summed E-state index contributed by atoms with van der Waals surface area (Å²) in [6.07, 6.45) is 5.95. The van der Waals surface area contributed by atoms with Crippen LogP contribution in [0.25, 0.3) is 0 Å². The van der Waals surface area contributed by atoms with Gasteiger partial charge < -0.3 is 14.8 Å². The maximum absolute atomic E-state index is 10.7. The smallest absolute Gasteiger partial charge is 0.319 e. The van der Waals surface area contributed by atoms with Crippen molar-refractivity contribution in [2.24, 2.45) is 0 Å². The van der Waals surface area contributed by atoms with Crippen molar-refractivity contribution >= 4 is 5.97 Å². The first-order valence-electron chi connectivity index (χ1n) is 4.41. The van der Waals surface area contributed by atoms with Gasteiger partial charge in [-0.25, -0.2) is 0 Å². The topological polar surface area (TPSA) is 47.6 Å². The van der Waals surface area contributed by atoms with Crippen LogP contribution in [-0.2, 0) is 14.3 Å². The Bertz CT molecular complexity index is 191. The molecule has 74 valence electrons. The van der Waals surface area contributed by atoms with E-state index >= 15 is 0 Å². The van der Waals surface area contributed by atoms with Gasteiger partial charge in [-0.05, 0) is 18.9 Å². The summed E-state index contributed by atoms with van der Waals surface area (Å²) in [4.78, 5) is 10.7. The molecular formula is C9H15NO3.